The van der Waals surface area contributed by atoms with E-state index in [9.17, 15) is 18.8 Å². The Morgan fingerprint density at radius 2 is 1.73 bits per heavy atom. The molecule has 160 valence electrons. The predicted molar refractivity (Wildman–Crippen MR) is 111 cm³/mol. The molecule has 0 radical (unpaired) electrons. The zero-order chi connectivity index (χ0) is 22.1. The summed E-state index contributed by atoms with van der Waals surface area (Å²) in [6.45, 7) is 5.69. The van der Waals surface area contributed by atoms with E-state index in [4.69, 9.17) is 4.74 Å². The normalized spacial score (nSPS) is 10.8. The maximum absolute atomic E-state index is 13.3. The number of ether oxygens (including phenoxy) is 1. The number of hydrogen-bond acceptors (Lipinski definition) is 4. The van der Waals surface area contributed by atoms with E-state index in [1.165, 1.54) is 18.2 Å². The zero-order valence-corrected chi connectivity index (χ0v) is 17.3. The average Bonchev–Trinajstić information content (AvgIpc) is 2.65. The van der Waals surface area contributed by atoms with Crippen LogP contribution in [0.2, 0.25) is 0 Å². The van der Waals surface area contributed by atoms with Crippen molar-refractivity contribution in [3.63, 3.8) is 0 Å². The zero-order valence-electron chi connectivity index (χ0n) is 17.3. The first kappa shape index (κ1) is 22.9. The molecule has 3 N–H and O–H groups in total. The molecule has 0 saturated carbocycles. The summed E-state index contributed by atoms with van der Waals surface area (Å²) in [4.78, 5) is 35.7. The lowest BCUT2D eigenvalue weighted by molar-refractivity contribution is -0.121. The number of alkyl carbamates (subject to hydrolysis) is 1. The number of nitrogens with one attached hydrogen (secondary N) is 3. The van der Waals surface area contributed by atoms with Gasteiger partial charge in [0.25, 0.3) is 5.91 Å². The first-order valence-corrected chi connectivity index (χ1v) is 9.52. The van der Waals surface area contributed by atoms with Crippen LogP contribution in [-0.4, -0.2) is 30.1 Å². The summed E-state index contributed by atoms with van der Waals surface area (Å²) < 4.78 is 18.4. The number of rotatable bonds is 7. The first-order valence-electron chi connectivity index (χ1n) is 9.52. The lowest BCUT2D eigenvalue weighted by Crippen LogP contribution is -2.35. The molecule has 2 aromatic rings. The first-order chi connectivity index (χ1) is 14.1. The van der Waals surface area contributed by atoms with Crippen LogP contribution in [-0.2, 0) is 16.1 Å². The Kier molecular flexibility index (Phi) is 7.91. The maximum Gasteiger partial charge on any atom is 0.407 e. The van der Waals surface area contributed by atoms with Gasteiger partial charge < -0.3 is 20.7 Å². The van der Waals surface area contributed by atoms with Gasteiger partial charge in [-0.2, -0.15) is 0 Å². The van der Waals surface area contributed by atoms with Crippen molar-refractivity contribution in [1.29, 1.82) is 0 Å². The van der Waals surface area contributed by atoms with Crippen molar-refractivity contribution in [3.8, 4) is 0 Å². The lowest BCUT2D eigenvalue weighted by Gasteiger charge is -2.19. The Morgan fingerprint density at radius 3 is 2.43 bits per heavy atom. The molecule has 0 aliphatic heterocycles. The number of amides is 3. The molecule has 0 aliphatic carbocycles. The summed E-state index contributed by atoms with van der Waals surface area (Å²) in [6.07, 6.45) is -0.466. The van der Waals surface area contributed by atoms with Crippen molar-refractivity contribution in [1.82, 2.24) is 10.6 Å². The summed E-state index contributed by atoms with van der Waals surface area (Å²) in [6, 6.07) is 12.4. The molecule has 0 unspecified atom stereocenters. The molecule has 0 spiro atoms. The van der Waals surface area contributed by atoms with Gasteiger partial charge in [0.05, 0.1) is 0 Å². The molecule has 0 saturated heterocycles. The van der Waals surface area contributed by atoms with E-state index >= 15 is 0 Å². The third-order valence-electron chi connectivity index (χ3n) is 3.78. The summed E-state index contributed by atoms with van der Waals surface area (Å²) in [5.74, 6) is -1.15. The Morgan fingerprint density at radius 1 is 1.00 bits per heavy atom. The van der Waals surface area contributed by atoms with Crippen LogP contribution < -0.4 is 16.0 Å². The van der Waals surface area contributed by atoms with Gasteiger partial charge in [0, 0.05) is 30.8 Å². The second-order valence-electron chi connectivity index (χ2n) is 7.62. The van der Waals surface area contributed by atoms with Crippen molar-refractivity contribution in [2.45, 2.75) is 39.3 Å². The minimum Gasteiger partial charge on any atom is -0.444 e. The minimum atomic E-state index is -0.596. The number of hydrogen-bond donors (Lipinski definition) is 3. The van der Waals surface area contributed by atoms with Crippen molar-refractivity contribution < 1.29 is 23.5 Å². The van der Waals surface area contributed by atoms with E-state index in [0.717, 1.165) is 11.6 Å². The van der Waals surface area contributed by atoms with Crippen molar-refractivity contribution in [2.24, 2.45) is 0 Å². The molecule has 0 aliphatic rings. The SMILES string of the molecule is CC(C)(C)OC(=O)NCCC(=O)NCc1cccc(NC(=O)c2cccc(F)c2)c1. The monoisotopic (exact) mass is 415 g/mol. The molecule has 0 bridgehead atoms. The van der Waals surface area contributed by atoms with E-state index < -0.39 is 23.4 Å². The van der Waals surface area contributed by atoms with E-state index in [2.05, 4.69) is 16.0 Å². The third-order valence-corrected chi connectivity index (χ3v) is 3.78. The fourth-order valence-electron chi connectivity index (χ4n) is 2.47. The number of anilines is 1. The van der Waals surface area contributed by atoms with E-state index in [-0.39, 0.29) is 31.0 Å². The maximum atomic E-state index is 13.3. The molecular formula is C22H26FN3O4. The molecule has 3 amide bonds. The summed E-state index contributed by atoms with van der Waals surface area (Å²) in [5, 5.41) is 7.97. The van der Waals surface area contributed by atoms with Crippen LogP contribution in [0.25, 0.3) is 0 Å². The molecule has 2 rings (SSSR count). The van der Waals surface area contributed by atoms with Gasteiger partial charge in [-0.15, -0.1) is 0 Å². The number of carbonyl (C=O) groups is 3. The molecule has 0 heterocycles. The summed E-state index contributed by atoms with van der Waals surface area (Å²) in [7, 11) is 0. The standard InChI is InChI=1S/C22H26FN3O4/c1-22(2,3)30-21(29)24-11-10-19(27)25-14-15-6-4-9-18(12-15)26-20(28)16-7-5-8-17(23)13-16/h4-9,12-13H,10-11,14H2,1-3H3,(H,24,29)(H,25,27)(H,26,28). The highest BCUT2D eigenvalue weighted by molar-refractivity contribution is 6.04. The highest BCUT2D eigenvalue weighted by Crippen LogP contribution is 2.13. The topological polar surface area (TPSA) is 96.5 Å². The van der Waals surface area contributed by atoms with Crippen LogP contribution in [0.15, 0.2) is 48.5 Å². The molecular weight excluding hydrogens is 389 g/mol. The van der Waals surface area contributed by atoms with E-state index in [1.807, 2.05) is 0 Å². The highest BCUT2D eigenvalue weighted by Gasteiger charge is 2.15. The quantitative estimate of drug-likeness (QED) is 0.644. The van der Waals surface area contributed by atoms with E-state index in [1.54, 1.807) is 45.0 Å². The number of carbonyl (C=O) groups excluding carboxylic acids is 3. The molecule has 0 aromatic heterocycles. The molecule has 0 fully saturated rings. The largest absolute Gasteiger partial charge is 0.444 e. The van der Waals surface area contributed by atoms with Crippen LogP contribution in [0.5, 0.6) is 0 Å². The Bertz CT molecular complexity index is 909. The second-order valence-corrected chi connectivity index (χ2v) is 7.62. The highest BCUT2D eigenvalue weighted by atomic mass is 19.1. The van der Waals surface area contributed by atoms with Crippen molar-refractivity contribution >= 4 is 23.6 Å². The summed E-state index contributed by atoms with van der Waals surface area (Å²) in [5.41, 5.74) is 0.927. The molecule has 7 nitrogen and oxygen atoms in total. The fraction of sp³-hybridized carbons (Fsp3) is 0.318. The van der Waals surface area contributed by atoms with Crippen molar-refractivity contribution in [2.75, 3.05) is 11.9 Å². The van der Waals surface area contributed by atoms with Gasteiger partial charge in [-0.1, -0.05) is 18.2 Å². The predicted octanol–water partition coefficient (Wildman–Crippen LogP) is 3.61. The van der Waals surface area contributed by atoms with Gasteiger partial charge in [-0.3, -0.25) is 9.59 Å². The molecule has 2 aromatic carbocycles. The molecule has 30 heavy (non-hydrogen) atoms. The second kappa shape index (κ2) is 10.4. The minimum absolute atomic E-state index is 0.106. The number of benzene rings is 2. The van der Waals surface area contributed by atoms with Crippen molar-refractivity contribution in [3.05, 3.63) is 65.5 Å². The molecule has 0 atom stereocenters. The van der Waals surface area contributed by atoms with Crippen LogP contribution in [0.4, 0.5) is 14.9 Å². The van der Waals surface area contributed by atoms with Crippen LogP contribution in [0.1, 0.15) is 43.1 Å². The van der Waals surface area contributed by atoms with Gasteiger partial charge in [-0.25, -0.2) is 9.18 Å². The lowest BCUT2D eigenvalue weighted by atomic mass is 10.1. The Balaban J connectivity index is 1.79. The van der Waals surface area contributed by atoms with Gasteiger partial charge in [0.2, 0.25) is 5.91 Å². The number of halogens is 1. The summed E-state index contributed by atoms with van der Waals surface area (Å²) >= 11 is 0. The van der Waals surface area contributed by atoms with E-state index in [0.29, 0.717) is 5.69 Å². The third kappa shape index (κ3) is 8.30. The fourth-order valence-corrected chi connectivity index (χ4v) is 2.47. The Labute approximate surface area is 175 Å². The Hall–Kier alpha value is -3.42. The van der Waals surface area contributed by atoms with Crippen LogP contribution >= 0.6 is 0 Å². The van der Waals surface area contributed by atoms with Gasteiger partial charge in [0.1, 0.15) is 11.4 Å². The van der Waals surface area contributed by atoms with Crippen LogP contribution in [0, 0.1) is 5.82 Å². The molecule has 8 heteroatoms. The van der Waals surface area contributed by atoms with Gasteiger partial charge in [0.15, 0.2) is 0 Å². The van der Waals surface area contributed by atoms with Gasteiger partial charge >= 0.3 is 6.09 Å². The smallest absolute Gasteiger partial charge is 0.407 e. The average molecular weight is 415 g/mol. The van der Waals surface area contributed by atoms with Gasteiger partial charge in [-0.05, 0) is 56.7 Å². The van der Waals surface area contributed by atoms with Crippen LogP contribution in [0.3, 0.4) is 0 Å².